The zero-order valence-electron chi connectivity index (χ0n) is 15.4. The van der Waals surface area contributed by atoms with Crippen molar-refractivity contribution in [2.45, 2.75) is 25.4 Å². The maximum atomic E-state index is 12.7. The molecular weight excluding hydrogens is 364 g/mol. The molecule has 1 aromatic carbocycles. The first-order valence-electron chi connectivity index (χ1n) is 9.13. The molecule has 3 amide bonds. The van der Waals surface area contributed by atoms with Crippen molar-refractivity contribution in [3.05, 3.63) is 34.9 Å². The lowest BCUT2D eigenvalue weighted by atomic mass is 10.0. The van der Waals surface area contributed by atoms with Crippen LogP contribution in [0.1, 0.15) is 34.3 Å². The number of ether oxygens (including phenoxy) is 2. The van der Waals surface area contributed by atoms with E-state index in [1.807, 2.05) is 6.07 Å². The lowest BCUT2D eigenvalue weighted by Gasteiger charge is -2.29. The van der Waals surface area contributed by atoms with Gasteiger partial charge in [-0.1, -0.05) is 17.9 Å². The number of imide groups is 1. The van der Waals surface area contributed by atoms with Crippen molar-refractivity contribution in [1.82, 2.24) is 10.2 Å². The molecule has 2 aliphatic heterocycles. The average molecular weight is 386 g/mol. The van der Waals surface area contributed by atoms with Gasteiger partial charge in [-0.3, -0.25) is 19.7 Å². The van der Waals surface area contributed by atoms with Crippen LogP contribution in [0.15, 0.2) is 18.2 Å². The summed E-state index contributed by atoms with van der Waals surface area (Å²) >= 11 is 0. The Balaban J connectivity index is 1.62. The Kier molecular flexibility index (Phi) is 6.76. The third kappa shape index (κ3) is 4.57. The quantitative estimate of drug-likeness (QED) is 0.383. The number of aliphatic hydroxyl groups excluding tert-OH is 1. The molecular formula is C20H22N2O6. The van der Waals surface area contributed by atoms with Crippen LogP contribution in [0, 0.1) is 11.8 Å². The number of nitrogens with zero attached hydrogens (tertiary/aromatic N) is 1. The molecule has 1 saturated heterocycles. The summed E-state index contributed by atoms with van der Waals surface area (Å²) in [5, 5.41) is 10.9. The number of hydrogen-bond donors (Lipinski definition) is 2. The molecule has 8 nitrogen and oxygen atoms in total. The summed E-state index contributed by atoms with van der Waals surface area (Å²) in [4.78, 5) is 37.7. The molecule has 0 aliphatic carbocycles. The molecule has 0 radical (unpaired) electrons. The molecule has 0 saturated carbocycles. The van der Waals surface area contributed by atoms with E-state index in [2.05, 4.69) is 17.2 Å². The van der Waals surface area contributed by atoms with E-state index in [1.54, 1.807) is 12.1 Å². The molecule has 8 heteroatoms. The number of benzene rings is 1. The number of hydrogen-bond acceptors (Lipinski definition) is 6. The minimum Gasteiger partial charge on any atom is -0.394 e. The molecule has 2 N–H and O–H groups in total. The van der Waals surface area contributed by atoms with Gasteiger partial charge in [0.05, 0.1) is 26.4 Å². The molecule has 1 atom stereocenters. The number of carbonyl (C=O) groups excluding carboxylic acids is 3. The fourth-order valence-electron chi connectivity index (χ4n) is 3.24. The van der Waals surface area contributed by atoms with Crippen molar-refractivity contribution in [2.75, 3.05) is 33.0 Å². The highest BCUT2D eigenvalue weighted by molar-refractivity contribution is 6.05. The highest BCUT2D eigenvalue weighted by Crippen LogP contribution is 2.29. The zero-order chi connectivity index (χ0) is 19.9. The summed E-state index contributed by atoms with van der Waals surface area (Å²) < 4.78 is 10.4. The third-order valence-electron chi connectivity index (χ3n) is 4.59. The van der Waals surface area contributed by atoms with Crippen molar-refractivity contribution in [1.29, 1.82) is 0 Å². The number of rotatable bonds is 7. The number of carbonyl (C=O) groups is 3. The maximum absolute atomic E-state index is 12.7. The molecule has 1 unspecified atom stereocenters. The second-order valence-corrected chi connectivity index (χ2v) is 6.42. The number of fused-ring (bicyclic) bond motifs is 1. The summed E-state index contributed by atoms with van der Waals surface area (Å²) in [5.74, 6) is 4.98. The minimum absolute atomic E-state index is 0.0204. The van der Waals surface area contributed by atoms with E-state index >= 15 is 0 Å². The Bertz CT molecular complexity index is 826. The lowest BCUT2D eigenvalue weighted by molar-refractivity contribution is -0.136. The molecule has 0 spiro atoms. The van der Waals surface area contributed by atoms with Gasteiger partial charge in [-0.2, -0.15) is 0 Å². The van der Waals surface area contributed by atoms with Crippen LogP contribution in [0.2, 0.25) is 0 Å². The largest absolute Gasteiger partial charge is 0.394 e. The SMILES string of the molecule is O=C1CCC(N2Cc3c(C#CCOCCOCCO)cccc3C2=O)C(=O)N1. The maximum Gasteiger partial charge on any atom is 0.255 e. The highest BCUT2D eigenvalue weighted by Gasteiger charge is 2.39. The molecule has 148 valence electrons. The van der Waals surface area contributed by atoms with Crippen molar-refractivity contribution < 1.29 is 29.0 Å². The van der Waals surface area contributed by atoms with Crippen molar-refractivity contribution in [3.63, 3.8) is 0 Å². The van der Waals surface area contributed by atoms with E-state index in [4.69, 9.17) is 14.6 Å². The molecule has 1 fully saturated rings. The first-order chi connectivity index (χ1) is 13.6. The summed E-state index contributed by atoms with van der Waals surface area (Å²) in [7, 11) is 0. The summed E-state index contributed by atoms with van der Waals surface area (Å²) in [6, 6.07) is 4.68. The first kappa shape index (κ1) is 20.0. The topological polar surface area (TPSA) is 105 Å². The van der Waals surface area contributed by atoms with Crippen LogP contribution >= 0.6 is 0 Å². The summed E-state index contributed by atoms with van der Waals surface area (Å²) in [6.07, 6.45) is 0.556. The van der Waals surface area contributed by atoms with Gasteiger partial charge in [0.15, 0.2) is 0 Å². The number of amides is 3. The van der Waals surface area contributed by atoms with Gasteiger partial charge in [0.1, 0.15) is 12.6 Å². The second kappa shape index (κ2) is 9.46. The van der Waals surface area contributed by atoms with Crippen LogP contribution in [-0.4, -0.2) is 66.8 Å². The zero-order valence-corrected chi connectivity index (χ0v) is 15.4. The molecule has 2 heterocycles. The van der Waals surface area contributed by atoms with Crippen LogP contribution in [0.4, 0.5) is 0 Å². The summed E-state index contributed by atoms with van der Waals surface area (Å²) in [5.41, 5.74) is 2.05. The predicted octanol–water partition coefficient (Wildman–Crippen LogP) is -0.175. The Morgan fingerprint density at radius 2 is 2.00 bits per heavy atom. The van der Waals surface area contributed by atoms with E-state index in [1.165, 1.54) is 4.90 Å². The Hall–Kier alpha value is -2.73. The van der Waals surface area contributed by atoms with E-state index in [0.717, 1.165) is 11.1 Å². The normalized spacial score (nSPS) is 18.5. The fraction of sp³-hybridized carbons (Fsp3) is 0.450. The second-order valence-electron chi connectivity index (χ2n) is 6.42. The van der Waals surface area contributed by atoms with Gasteiger partial charge in [0, 0.05) is 24.1 Å². The number of piperidine rings is 1. The lowest BCUT2D eigenvalue weighted by Crippen LogP contribution is -2.52. The summed E-state index contributed by atoms with van der Waals surface area (Å²) in [6.45, 7) is 1.54. The molecule has 2 aliphatic rings. The molecule has 0 bridgehead atoms. The van der Waals surface area contributed by atoms with Gasteiger partial charge >= 0.3 is 0 Å². The number of aliphatic hydroxyl groups is 1. The Morgan fingerprint density at radius 3 is 2.79 bits per heavy atom. The van der Waals surface area contributed by atoms with Gasteiger partial charge in [-0.25, -0.2) is 0 Å². The number of nitrogens with one attached hydrogen (secondary N) is 1. The van der Waals surface area contributed by atoms with Crippen LogP contribution in [0.5, 0.6) is 0 Å². The van der Waals surface area contributed by atoms with Gasteiger partial charge in [0.25, 0.3) is 5.91 Å². The monoisotopic (exact) mass is 386 g/mol. The highest BCUT2D eigenvalue weighted by atomic mass is 16.5. The Labute approximate surface area is 162 Å². The van der Waals surface area contributed by atoms with Gasteiger partial charge in [0.2, 0.25) is 11.8 Å². The van der Waals surface area contributed by atoms with Gasteiger partial charge in [-0.15, -0.1) is 0 Å². The predicted molar refractivity (Wildman–Crippen MR) is 98.1 cm³/mol. The van der Waals surface area contributed by atoms with E-state index in [0.29, 0.717) is 31.7 Å². The molecule has 28 heavy (non-hydrogen) atoms. The fourth-order valence-corrected chi connectivity index (χ4v) is 3.24. The standard InChI is InChI=1S/C20H22N2O6/c23-8-10-28-12-11-27-9-2-4-14-3-1-5-15-16(14)13-22(20(15)26)17-6-7-18(24)21-19(17)25/h1,3,5,17,23H,6-13H2,(H,21,24,25). The van der Waals surface area contributed by atoms with Gasteiger partial charge < -0.3 is 19.5 Å². The van der Waals surface area contributed by atoms with Crippen LogP contribution in [0.25, 0.3) is 0 Å². The Morgan fingerprint density at radius 1 is 1.18 bits per heavy atom. The molecule has 3 rings (SSSR count). The molecule has 1 aromatic rings. The van der Waals surface area contributed by atoms with Crippen LogP contribution in [-0.2, 0) is 25.6 Å². The third-order valence-corrected chi connectivity index (χ3v) is 4.59. The van der Waals surface area contributed by atoms with Crippen molar-refractivity contribution >= 4 is 17.7 Å². The minimum atomic E-state index is -0.638. The van der Waals surface area contributed by atoms with Crippen molar-refractivity contribution in [2.24, 2.45) is 0 Å². The van der Waals surface area contributed by atoms with E-state index in [9.17, 15) is 14.4 Å². The molecule has 0 aromatic heterocycles. The van der Waals surface area contributed by atoms with Gasteiger partial charge in [-0.05, 0) is 24.1 Å². The van der Waals surface area contributed by atoms with Crippen LogP contribution < -0.4 is 5.32 Å². The first-order valence-corrected chi connectivity index (χ1v) is 9.13. The smallest absolute Gasteiger partial charge is 0.255 e. The van der Waals surface area contributed by atoms with E-state index in [-0.39, 0.29) is 38.1 Å². The van der Waals surface area contributed by atoms with E-state index < -0.39 is 11.9 Å². The van der Waals surface area contributed by atoms with Crippen LogP contribution in [0.3, 0.4) is 0 Å². The van der Waals surface area contributed by atoms with Crippen molar-refractivity contribution in [3.8, 4) is 11.8 Å². The average Bonchev–Trinajstić information content (AvgIpc) is 3.01.